The minimum Gasteiger partial charge on any atom is -0.462 e. The molecule has 1 amide bonds. The summed E-state index contributed by atoms with van der Waals surface area (Å²) in [6.07, 6.45) is 0. The highest BCUT2D eigenvalue weighted by Gasteiger charge is 2.18. The van der Waals surface area contributed by atoms with Gasteiger partial charge in [-0.15, -0.1) is 0 Å². The van der Waals surface area contributed by atoms with Crippen LogP contribution in [-0.4, -0.2) is 23.4 Å². The number of benzene rings is 2. The number of non-ortho nitro benzene ring substituents is 1. The summed E-state index contributed by atoms with van der Waals surface area (Å²) in [5.41, 5.74) is 0.960. The van der Waals surface area contributed by atoms with Crippen molar-refractivity contribution in [2.75, 3.05) is 11.9 Å². The first-order valence-electron chi connectivity index (χ1n) is 7.37. The lowest BCUT2D eigenvalue weighted by Crippen LogP contribution is -2.15. The largest absolute Gasteiger partial charge is 0.462 e. The molecule has 0 atom stereocenters. The molecule has 0 radical (unpaired) electrons. The lowest BCUT2D eigenvalue weighted by molar-refractivity contribution is -0.384. The summed E-state index contributed by atoms with van der Waals surface area (Å²) in [7, 11) is 0. The van der Waals surface area contributed by atoms with Gasteiger partial charge in [0.1, 0.15) is 0 Å². The minimum atomic E-state index is -0.613. The molecule has 130 valence electrons. The molecule has 0 saturated carbocycles. The third-order valence-corrected chi connectivity index (χ3v) is 3.81. The number of esters is 1. The molecule has 8 heteroatoms. The van der Waals surface area contributed by atoms with E-state index in [9.17, 15) is 19.7 Å². The van der Waals surface area contributed by atoms with Crippen LogP contribution in [0.4, 0.5) is 11.4 Å². The van der Waals surface area contributed by atoms with Gasteiger partial charge in [-0.25, -0.2) is 4.79 Å². The lowest BCUT2D eigenvalue weighted by atomic mass is 10.1. The van der Waals surface area contributed by atoms with Gasteiger partial charge in [0, 0.05) is 17.8 Å². The predicted octanol–water partition coefficient (Wildman–Crippen LogP) is 3.99. The SMILES string of the molecule is CCOC(=O)c1cccc(NC(=O)c2cc([N+](=O)[O-])ccc2Cl)c1C. The highest BCUT2D eigenvalue weighted by atomic mass is 35.5. The van der Waals surface area contributed by atoms with Crippen LogP contribution in [0.3, 0.4) is 0 Å². The number of nitro benzene ring substituents is 1. The van der Waals surface area contributed by atoms with Crippen LogP contribution in [-0.2, 0) is 4.74 Å². The van der Waals surface area contributed by atoms with Gasteiger partial charge in [0.15, 0.2) is 0 Å². The number of amides is 1. The number of nitrogens with zero attached hydrogens (tertiary/aromatic N) is 1. The molecule has 0 heterocycles. The van der Waals surface area contributed by atoms with E-state index in [-0.39, 0.29) is 22.9 Å². The molecule has 2 aromatic rings. The summed E-state index contributed by atoms with van der Waals surface area (Å²) in [6.45, 7) is 3.60. The Morgan fingerprint density at radius 1 is 1.24 bits per heavy atom. The quantitative estimate of drug-likeness (QED) is 0.492. The van der Waals surface area contributed by atoms with Gasteiger partial charge in [0.05, 0.1) is 27.7 Å². The number of carbonyl (C=O) groups is 2. The Balaban J connectivity index is 2.33. The van der Waals surface area contributed by atoms with Crippen molar-refractivity contribution in [2.45, 2.75) is 13.8 Å². The van der Waals surface area contributed by atoms with Crippen LogP contribution < -0.4 is 5.32 Å². The van der Waals surface area contributed by atoms with Gasteiger partial charge in [-0.2, -0.15) is 0 Å². The second-order valence-corrected chi connectivity index (χ2v) is 5.48. The molecular weight excluding hydrogens is 348 g/mol. The molecule has 25 heavy (non-hydrogen) atoms. The highest BCUT2D eigenvalue weighted by Crippen LogP contribution is 2.25. The monoisotopic (exact) mass is 362 g/mol. The number of halogens is 1. The van der Waals surface area contributed by atoms with Crippen LogP contribution in [0.1, 0.15) is 33.2 Å². The maximum absolute atomic E-state index is 12.4. The molecule has 0 unspecified atom stereocenters. The first kappa shape index (κ1) is 18.4. The molecule has 7 nitrogen and oxygen atoms in total. The maximum atomic E-state index is 12.4. The smallest absolute Gasteiger partial charge is 0.338 e. The molecular formula is C17H15ClN2O5. The standard InChI is InChI=1S/C17H15ClN2O5/c1-3-25-17(22)12-5-4-6-15(10(12)2)19-16(21)13-9-11(20(23)24)7-8-14(13)18/h4-9H,3H2,1-2H3,(H,19,21). The molecule has 0 saturated heterocycles. The third-order valence-electron chi connectivity index (χ3n) is 3.48. The van der Waals surface area contributed by atoms with Crippen LogP contribution in [0.15, 0.2) is 36.4 Å². The van der Waals surface area contributed by atoms with Crippen molar-refractivity contribution in [2.24, 2.45) is 0 Å². The molecule has 0 bridgehead atoms. The topological polar surface area (TPSA) is 98.5 Å². The fourth-order valence-electron chi connectivity index (χ4n) is 2.19. The summed E-state index contributed by atoms with van der Waals surface area (Å²) >= 11 is 5.97. The van der Waals surface area contributed by atoms with Gasteiger partial charge >= 0.3 is 5.97 Å². The van der Waals surface area contributed by atoms with E-state index in [1.807, 2.05) is 0 Å². The van der Waals surface area contributed by atoms with Crippen LogP contribution >= 0.6 is 11.6 Å². The fraction of sp³-hybridized carbons (Fsp3) is 0.176. The van der Waals surface area contributed by atoms with Gasteiger partial charge < -0.3 is 10.1 Å². The molecule has 0 spiro atoms. The zero-order valence-electron chi connectivity index (χ0n) is 13.5. The number of hydrogen-bond donors (Lipinski definition) is 1. The van der Waals surface area contributed by atoms with Crippen molar-refractivity contribution in [1.29, 1.82) is 0 Å². The van der Waals surface area contributed by atoms with E-state index < -0.39 is 16.8 Å². The van der Waals surface area contributed by atoms with Crippen LogP contribution in [0.25, 0.3) is 0 Å². The van der Waals surface area contributed by atoms with Crippen molar-refractivity contribution >= 4 is 34.9 Å². The van der Waals surface area contributed by atoms with Crippen molar-refractivity contribution in [3.05, 3.63) is 68.2 Å². The van der Waals surface area contributed by atoms with Crippen molar-refractivity contribution in [3.8, 4) is 0 Å². The average Bonchev–Trinajstić information content (AvgIpc) is 2.57. The third kappa shape index (κ3) is 4.13. The summed E-state index contributed by atoms with van der Waals surface area (Å²) in [5.74, 6) is -1.11. The van der Waals surface area contributed by atoms with E-state index in [1.165, 1.54) is 12.1 Å². The second kappa shape index (κ2) is 7.76. The number of ether oxygens (including phenoxy) is 1. The first-order valence-corrected chi connectivity index (χ1v) is 7.75. The normalized spacial score (nSPS) is 10.2. The molecule has 0 aliphatic heterocycles. The minimum absolute atomic E-state index is 0.0307. The van der Waals surface area contributed by atoms with Crippen molar-refractivity contribution < 1.29 is 19.2 Å². The zero-order valence-corrected chi connectivity index (χ0v) is 14.3. The number of nitro groups is 1. The van der Waals surface area contributed by atoms with Gasteiger partial charge in [0.2, 0.25) is 0 Å². The fourth-order valence-corrected chi connectivity index (χ4v) is 2.39. The summed E-state index contributed by atoms with van der Waals surface area (Å²) < 4.78 is 4.97. The van der Waals surface area contributed by atoms with E-state index in [0.29, 0.717) is 16.8 Å². The molecule has 2 aromatic carbocycles. The van der Waals surface area contributed by atoms with E-state index >= 15 is 0 Å². The summed E-state index contributed by atoms with van der Waals surface area (Å²) in [6, 6.07) is 8.40. The number of anilines is 1. The Kier molecular flexibility index (Phi) is 5.71. The molecule has 0 aliphatic rings. The number of nitrogens with one attached hydrogen (secondary N) is 1. The Labute approximate surface area is 148 Å². The molecule has 2 rings (SSSR count). The average molecular weight is 363 g/mol. The first-order chi connectivity index (χ1) is 11.8. The summed E-state index contributed by atoms with van der Waals surface area (Å²) in [4.78, 5) is 34.6. The Morgan fingerprint density at radius 3 is 2.60 bits per heavy atom. The van der Waals surface area contributed by atoms with Crippen LogP contribution in [0.5, 0.6) is 0 Å². The van der Waals surface area contributed by atoms with Gasteiger partial charge in [-0.1, -0.05) is 17.7 Å². The highest BCUT2D eigenvalue weighted by molar-refractivity contribution is 6.34. The molecule has 0 aliphatic carbocycles. The van der Waals surface area contributed by atoms with Crippen LogP contribution in [0.2, 0.25) is 5.02 Å². The van der Waals surface area contributed by atoms with Gasteiger partial charge in [0.25, 0.3) is 11.6 Å². The van der Waals surface area contributed by atoms with E-state index in [2.05, 4.69) is 5.32 Å². The van der Waals surface area contributed by atoms with E-state index in [4.69, 9.17) is 16.3 Å². The lowest BCUT2D eigenvalue weighted by Gasteiger charge is -2.12. The number of hydrogen-bond acceptors (Lipinski definition) is 5. The van der Waals surface area contributed by atoms with Crippen molar-refractivity contribution in [1.82, 2.24) is 0 Å². The predicted molar refractivity (Wildman–Crippen MR) is 93.2 cm³/mol. The Bertz CT molecular complexity index is 851. The maximum Gasteiger partial charge on any atom is 0.338 e. The molecule has 0 fully saturated rings. The van der Waals surface area contributed by atoms with Gasteiger partial charge in [-0.3, -0.25) is 14.9 Å². The Hall–Kier alpha value is -2.93. The second-order valence-electron chi connectivity index (χ2n) is 5.07. The van der Waals surface area contributed by atoms with E-state index in [1.54, 1.807) is 32.0 Å². The number of rotatable bonds is 5. The summed E-state index contributed by atoms with van der Waals surface area (Å²) in [5, 5.41) is 13.6. The Morgan fingerprint density at radius 2 is 1.96 bits per heavy atom. The zero-order chi connectivity index (χ0) is 18.6. The molecule has 0 aromatic heterocycles. The van der Waals surface area contributed by atoms with Gasteiger partial charge in [-0.05, 0) is 37.6 Å². The van der Waals surface area contributed by atoms with Crippen LogP contribution in [0, 0.1) is 17.0 Å². The number of carbonyl (C=O) groups excluding carboxylic acids is 2. The molecule has 1 N–H and O–H groups in total. The van der Waals surface area contributed by atoms with E-state index in [0.717, 1.165) is 6.07 Å². The van der Waals surface area contributed by atoms with Crippen molar-refractivity contribution in [3.63, 3.8) is 0 Å².